The van der Waals surface area contributed by atoms with E-state index in [1.54, 1.807) is 13.8 Å². The van der Waals surface area contributed by atoms with Crippen molar-refractivity contribution in [2.24, 2.45) is 5.92 Å². The average Bonchev–Trinajstić information content (AvgIpc) is 2.41. The summed E-state index contributed by atoms with van der Waals surface area (Å²) < 4.78 is 12.9. The second-order valence-electron chi connectivity index (χ2n) is 4.51. The number of anilines is 1. The van der Waals surface area contributed by atoms with E-state index >= 15 is 0 Å². The first kappa shape index (κ1) is 16.4. The van der Waals surface area contributed by atoms with Gasteiger partial charge in [-0.1, -0.05) is 18.5 Å². The Labute approximate surface area is 121 Å². The summed E-state index contributed by atoms with van der Waals surface area (Å²) in [5, 5.41) is 13.6. The predicted octanol–water partition coefficient (Wildman–Crippen LogP) is 1.55. The standard InChI is InChI=1S/C13H16ClFN2O3/c1-7(6-18)8(2)16-12(19)13(20)17-9-3-4-11(15)10(14)5-9/h3-5,7-8,18H,6H2,1-2H3,(H,16,19)(H,17,20). The molecule has 2 atom stereocenters. The third kappa shape index (κ3) is 4.47. The molecule has 0 aromatic heterocycles. The van der Waals surface area contributed by atoms with Gasteiger partial charge in [0, 0.05) is 18.3 Å². The van der Waals surface area contributed by atoms with Gasteiger partial charge in [-0.25, -0.2) is 4.39 Å². The number of nitrogens with one attached hydrogen (secondary N) is 2. The summed E-state index contributed by atoms with van der Waals surface area (Å²) in [6.07, 6.45) is 0. The number of aliphatic hydroxyl groups is 1. The van der Waals surface area contributed by atoms with E-state index in [0.717, 1.165) is 6.07 Å². The molecule has 0 aliphatic heterocycles. The molecule has 3 N–H and O–H groups in total. The SMILES string of the molecule is CC(CO)C(C)NC(=O)C(=O)Nc1ccc(F)c(Cl)c1. The van der Waals surface area contributed by atoms with E-state index in [4.69, 9.17) is 16.7 Å². The molecular formula is C13H16ClFN2O3. The summed E-state index contributed by atoms with van der Waals surface area (Å²) in [7, 11) is 0. The Morgan fingerprint density at radius 1 is 1.35 bits per heavy atom. The van der Waals surface area contributed by atoms with Gasteiger partial charge in [0.15, 0.2) is 0 Å². The number of amides is 2. The largest absolute Gasteiger partial charge is 0.396 e. The smallest absolute Gasteiger partial charge is 0.313 e. The van der Waals surface area contributed by atoms with Crippen LogP contribution < -0.4 is 10.6 Å². The average molecular weight is 303 g/mol. The van der Waals surface area contributed by atoms with Gasteiger partial charge in [0.25, 0.3) is 0 Å². The summed E-state index contributed by atoms with van der Waals surface area (Å²) in [6, 6.07) is 3.25. The Hall–Kier alpha value is -1.66. The summed E-state index contributed by atoms with van der Waals surface area (Å²) in [5.41, 5.74) is 0.222. The molecule has 0 heterocycles. The lowest BCUT2D eigenvalue weighted by Crippen LogP contribution is -2.43. The number of rotatable bonds is 4. The van der Waals surface area contributed by atoms with E-state index in [9.17, 15) is 14.0 Å². The fraction of sp³-hybridized carbons (Fsp3) is 0.385. The fourth-order valence-electron chi connectivity index (χ4n) is 1.33. The molecule has 2 amide bonds. The molecule has 0 aliphatic carbocycles. The van der Waals surface area contributed by atoms with Crippen molar-refractivity contribution in [1.29, 1.82) is 0 Å². The molecule has 5 nitrogen and oxygen atoms in total. The fourth-order valence-corrected chi connectivity index (χ4v) is 1.51. The molecule has 1 aromatic carbocycles. The van der Waals surface area contributed by atoms with Crippen molar-refractivity contribution in [3.8, 4) is 0 Å². The van der Waals surface area contributed by atoms with Gasteiger partial charge in [0.1, 0.15) is 5.82 Å². The first-order chi connectivity index (χ1) is 9.35. The zero-order valence-corrected chi connectivity index (χ0v) is 11.9. The van der Waals surface area contributed by atoms with Crippen LogP contribution in [0.1, 0.15) is 13.8 Å². The monoisotopic (exact) mass is 302 g/mol. The van der Waals surface area contributed by atoms with Crippen molar-refractivity contribution in [1.82, 2.24) is 5.32 Å². The lowest BCUT2D eigenvalue weighted by molar-refractivity contribution is -0.136. The van der Waals surface area contributed by atoms with E-state index < -0.39 is 17.6 Å². The maximum absolute atomic E-state index is 12.9. The highest BCUT2D eigenvalue weighted by molar-refractivity contribution is 6.40. The first-order valence-electron chi connectivity index (χ1n) is 6.03. The number of aliphatic hydroxyl groups excluding tert-OH is 1. The van der Waals surface area contributed by atoms with E-state index in [-0.39, 0.29) is 29.3 Å². The molecule has 0 aliphatic rings. The van der Waals surface area contributed by atoms with E-state index in [1.807, 2.05) is 0 Å². The summed E-state index contributed by atoms with van der Waals surface area (Å²) in [6.45, 7) is 3.32. The molecule has 0 saturated heterocycles. The van der Waals surface area contributed by atoms with Crippen LogP contribution in [0.5, 0.6) is 0 Å². The van der Waals surface area contributed by atoms with Gasteiger partial charge in [0.2, 0.25) is 0 Å². The van der Waals surface area contributed by atoms with E-state index in [0.29, 0.717) is 0 Å². The molecule has 0 fully saturated rings. The Kier molecular flexibility index (Phi) is 5.91. The van der Waals surface area contributed by atoms with Crippen LogP contribution in [0.3, 0.4) is 0 Å². The van der Waals surface area contributed by atoms with Gasteiger partial charge >= 0.3 is 11.8 Å². The third-order valence-corrected chi connectivity index (χ3v) is 3.17. The van der Waals surface area contributed by atoms with Crippen molar-refractivity contribution < 1.29 is 19.1 Å². The minimum atomic E-state index is -0.885. The van der Waals surface area contributed by atoms with Crippen LogP contribution in [0, 0.1) is 11.7 Å². The predicted molar refractivity (Wildman–Crippen MR) is 73.9 cm³/mol. The van der Waals surface area contributed by atoms with Crippen molar-refractivity contribution in [2.45, 2.75) is 19.9 Å². The van der Waals surface area contributed by atoms with Gasteiger partial charge in [-0.3, -0.25) is 9.59 Å². The van der Waals surface area contributed by atoms with Crippen LogP contribution >= 0.6 is 11.6 Å². The van der Waals surface area contributed by atoms with Crippen molar-refractivity contribution in [3.05, 3.63) is 29.0 Å². The van der Waals surface area contributed by atoms with E-state index in [2.05, 4.69) is 10.6 Å². The second-order valence-corrected chi connectivity index (χ2v) is 4.91. The number of carbonyl (C=O) groups is 2. The van der Waals surface area contributed by atoms with E-state index in [1.165, 1.54) is 12.1 Å². The van der Waals surface area contributed by atoms with Crippen molar-refractivity contribution in [3.63, 3.8) is 0 Å². The zero-order valence-electron chi connectivity index (χ0n) is 11.1. The lowest BCUT2D eigenvalue weighted by Gasteiger charge is -2.18. The maximum Gasteiger partial charge on any atom is 0.313 e. The normalized spacial score (nSPS) is 13.4. The highest BCUT2D eigenvalue weighted by Crippen LogP contribution is 2.19. The van der Waals surface area contributed by atoms with Crippen molar-refractivity contribution >= 4 is 29.1 Å². The van der Waals surface area contributed by atoms with Crippen molar-refractivity contribution in [2.75, 3.05) is 11.9 Å². The zero-order chi connectivity index (χ0) is 15.3. The number of hydrogen-bond acceptors (Lipinski definition) is 3. The van der Waals surface area contributed by atoms with Crippen LogP contribution in [-0.4, -0.2) is 29.6 Å². The highest BCUT2D eigenvalue weighted by atomic mass is 35.5. The van der Waals surface area contributed by atoms with Crippen LogP contribution in [0.15, 0.2) is 18.2 Å². The topological polar surface area (TPSA) is 78.4 Å². The second kappa shape index (κ2) is 7.21. The Balaban J connectivity index is 2.62. The molecule has 2 unspecified atom stereocenters. The van der Waals surface area contributed by atoms with Gasteiger partial charge < -0.3 is 15.7 Å². The third-order valence-electron chi connectivity index (χ3n) is 2.88. The Morgan fingerprint density at radius 3 is 2.55 bits per heavy atom. The van der Waals surface area contributed by atoms with Crippen LogP contribution in [0.4, 0.5) is 10.1 Å². The van der Waals surface area contributed by atoms with Gasteiger partial charge in [-0.15, -0.1) is 0 Å². The Bertz CT molecular complexity index is 510. The quantitative estimate of drug-likeness (QED) is 0.738. The number of carbonyl (C=O) groups excluding carboxylic acids is 2. The molecular weight excluding hydrogens is 287 g/mol. The minimum Gasteiger partial charge on any atom is -0.396 e. The summed E-state index contributed by atoms with van der Waals surface area (Å²) in [5.74, 6) is -2.51. The molecule has 7 heteroatoms. The molecule has 0 radical (unpaired) electrons. The molecule has 110 valence electrons. The summed E-state index contributed by atoms with van der Waals surface area (Å²) >= 11 is 5.57. The maximum atomic E-state index is 12.9. The molecule has 0 spiro atoms. The molecule has 1 aromatic rings. The molecule has 0 bridgehead atoms. The van der Waals surface area contributed by atoms with Crippen LogP contribution in [0.25, 0.3) is 0 Å². The van der Waals surface area contributed by atoms with Crippen LogP contribution in [-0.2, 0) is 9.59 Å². The van der Waals surface area contributed by atoms with Gasteiger partial charge in [-0.05, 0) is 31.0 Å². The molecule has 0 saturated carbocycles. The molecule has 1 rings (SSSR count). The number of halogens is 2. The van der Waals surface area contributed by atoms with Crippen LogP contribution in [0.2, 0.25) is 5.02 Å². The number of hydrogen-bond donors (Lipinski definition) is 3. The number of benzene rings is 1. The highest BCUT2D eigenvalue weighted by Gasteiger charge is 2.19. The molecule has 20 heavy (non-hydrogen) atoms. The minimum absolute atomic E-state index is 0.101. The lowest BCUT2D eigenvalue weighted by atomic mass is 10.1. The van der Waals surface area contributed by atoms with Gasteiger partial charge in [0.05, 0.1) is 5.02 Å². The first-order valence-corrected chi connectivity index (χ1v) is 6.40. The summed E-state index contributed by atoms with van der Waals surface area (Å²) in [4.78, 5) is 23.3. The Morgan fingerprint density at radius 2 is 2.00 bits per heavy atom. The van der Waals surface area contributed by atoms with Gasteiger partial charge in [-0.2, -0.15) is 0 Å².